The maximum atomic E-state index is 8.06. The molecule has 0 aliphatic carbocycles. The first-order valence-corrected chi connectivity index (χ1v) is 11.7. The maximum Gasteiger partial charge on any atom is 0.255 e. The number of rotatable bonds is 3. The van der Waals surface area contributed by atoms with Crippen molar-refractivity contribution >= 4 is 23.1 Å². The van der Waals surface area contributed by atoms with E-state index in [1.54, 1.807) is 41.5 Å². The smallest absolute Gasteiger partial charge is 0.255 e. The van der Waals surface area contributed by atoms with Crippen molar-refractivity contribution < 1.29 is 15.3 Å². The van der Waals surface area contributed by atoms with E-state index in [0.29, 0.717) is 0 Å². The lowest BCUT2D eigenvalue weighted by molar-refractivity contribution is 0.215. The van der Waals surface area contributed by atoms with E-state index in [1.165, 1.54) is 16.4 Å². The second-order valence-corrected chi connectivity index (χ2v) is 9.26. The van der Waals surface area contributed by atoms with Crippen LogP contribution >= 0.6 is 0 Å². The summed E-state index contributed by atoms with van der Waals surface area (Å²) in [6, 6.07) is 0. The average Bonchev–Trinajstić information content (AvgIpc) is 3.29. The number of hydrogen-bond donors (Lipinski definition) is 6. The van der Waals surface area contributed by atoms with E-state index in [2.05, 4.69) is 51.4 Å². The van der Waals surface area contributed by atoms with Gasteiger partial charge in [-0.1, -0.05) is 0 Å². The van der Waals surface area contributed by atoms with Gasteiger partial charge >= 0.3 is 0 Å². The molecule has 0 aliphatic heterocycles. The first-order valence-electron chi connectivity index (χ1n) is 11.7. The van der Waals surface area contributed by atoms with Crippen LogP contribution in [-0.4, -0.2) is 70.9 Å². The quantitative estimate of drug-likeness (QED) is 0.315. The zero-order chi connectivity index (χ0) is 26.7. The maximum absolute atomic E-state index is 8.06. The molecule has 3 rings (SSSR count). The van der Waals surface area contributed by atoms with Gasteiger partial charge < -0.3 is 15.3 Å². The SMILES string of the molecule is CC(C)O.CC(C)O.CC(C)O.Cc1n[nH]c(C)c1B(c1c(C)n[nH]c1C)c1c(C)n[nH]c1C. The zero-order valence-corrected chi connectivity index (χ0v) is 23.0. The molecule has 0 spiro atoms. The van der Waals surface area contributed by atoms with Gasteiger partial charge in [0.1, 0.15) is 0 Å². The molecule has 0 aliphatic rings. The van der Waals surface area contributed by atoms with Crippen molar-refractivity contribution in [2.24, 2.45) is 0 Å². The third-order valence-corrected chi connectivity index (χ3v) is 4.42. The third-order valence-electron chi connectivity index (χ3n) is 4.42. The fourth-order valence-corrected chi connectivity index (χ4v) is 3.39. The first-order chi connectivity index (χ1) is 15.6. The summed E-state index contributed by atoms with van der Waals surface area (Å²) in [6.07, 6.45) is -0.500. The third kappa shape index (κ3) is 10.2. The highest BCUT2D eigenvalue weighted by Crippen LogP contribution is 2.07. The van der Waals surface area contributed by atoms with Crippen molar-refractivity contribution in [1.29, 1.82) is 0 Å². The van der Waals surface area contributed by atoms with Gasteiger partial charge in [0.25, 0.3) is 6.71 Å². The zero-order valence-electron chi connectivity index (χ0n) is 23.0. The Labute approximate surface area is 204 Å². The molecule has 9 nitrogen and oxygen atoms in total. The van der Waals surface area contributed by atoms with Crippen LogP contribution in [0.25, 0.3) is 0 Å². The molecule has 3 aromatic rings. The number of aliphatic hydroxyl groups is 3. The Bertz CT molecular complexity index is 785. The van der Waals surface area contributed by atoms with Gasteiger partial charge in [0.15, 0.2) is 0 Å². The summed E-state index contributed by atoms with van der Waals surface area (Å²) in [6.45, 7) is 22.7. The number of nitrogens with zero attached hydrogens (tertiary/aromatic N) is 3. The number of H-pyrrole nitrogens is 3. The molecule has 0 atom stereocenters. The molecule has 6 N–H and O–H groups in total. The van der Waals surface area contributed by atoms with Crippen LogP contribution in [0.5, 0.6) is 0 Å². The monoisotopic (exact) mass is 476 g/mol. The highest BCUT2D eigenvalue weighted by atomic mass is 16.3. The Morgan fingerprint density at radius 2 is 0.676 bits per heavy atom. The largest absolute Gasteiger partial charge is 0.394 e. The van der Waals surface area contributed by atoms with E-state index in [4.69, 9.17) is 15.3 Å². The Kier molecular flexibility index (Phi) is 13.7. The van der Waals surface area contributed by atoms with Crippen LogP contribution in [0.3, 0.4) is 0 Å². The molecule has 0 bridgehead atoms. The number of nitrogens with one attached hydrogen (secondary N) is 3. The topological polar surface area (TPSA) is 147 Å². The van der Waals surface area contributed by atoms with Crippen LogP contribution in [0.4, 0.5) is 0 Å². The highest BCUT2D eigenvalue weighted by Gasteiger charge is 2.34. The fraction of sp³-hybridized carbons (Fsp3) is 0.625. The van der Waals surface area contributed by atoms with Crippen LogP contribution < -0.4 is 16.4 Å². The Morgan fingerprint density at radius 1 is 0.500 bits per heavy atom. The van der Waals surface area contributed by atoms with Gasteiger partial charge in [-0.25, -0.2) is 0 Å². The fourth-order valence-electron chi connectivity index (χ4n) is 3.39. The summed E-state index contributed by atoms with van der Waals surface area (Å²) in [7, 11) is 0. The molecule has 3 aromatic heterocycles. The van der Waals surface area contributed by atoms with Crippen molar-refractivity contribution in [3.63, 3.8) is 0 Å². The van der Waals surface area contributed by atoms with Crippen molar-refractivity contribution in [3.05, 3.63) is 34.2 Å². The number of aromatic nitrogens is 6. The van der Waals surface area contributed by atoms with E-state index in [9.17, 15) is 0 Å². The number of aliphatic hydroxyl groups excluding tert-OH is 3. The van der Waals surface area contributed by atoms with E-state index in [-0.39, 0.29) is 25.0 Å². The summed E-state index contributed by atoms with van der Waals surface area (Å²) >= 11 is 0. The summed E-state index contributed by atoms with van der Waals surface area (Å²) in [4.78, 5) is 0. The lowest BCUT2D eigenvalue weighted by Gasteiger charge is -2.16. The Balaban J connectivity index is 0.000000759. The van der Waals surface area contributed by atoms with Crippen molar-refractivity contribution in [3.8, 4) is 0 Å². The van der Waals surface area contributed by atoms with Gasteiger partial charge in [-0.3, -0.25) is 15.3 Å². The Morgan fingerprint density at radius 3 is 0.794 bits per heavy atom. The van der Waals surface area contributed by atoms with E-state index < -0.39 is 0 Å². The molecule has 0 aromatic carbocycles. The van der Waals surface area contributed by atoms with Gasteiger partial charge in [0, 0.05) is 35.4 Å². The van der Waals surface area contributed by atoms with Crippen LogP contribution in [-0.2, 0) is 0 Å². The van der Waals surface area contributed by atoms with Crippen LogP contribution in [0.1, 0.15) is 75.7 Å². The lowest BCUT2D eigenvalue weighted by Crippen LogP contribution is -2.56. The average molecular weight is 476 g/mol. The molecular formula is C24H45BN6O3. The summed E-state index contributed by atoms with van der Waals surface area (Å²) in [5.41, 5.74) is 9.93. The van der Waals surface area contributed by atoms with Crippen molar-refractivity contribution in [1.82, 2.24) is 30.6 Å². The molecule has 0 radical (unpaired) electrons. The number of aromatic amines is 3. The molecular weight excluding hydrogens is 431 g/mol. The standard InChI is InChI=1S/C15H21BN6.3C3H8O/c1-7-13(8(2)18-17-7)16(14-9(3)19-20-10(14)4)15-11(5)21-22-12(15)6;3*1-3(2)4/h1-6H3,(H,17,18)(H,19,20)(H,21,22);3*3-4H,1-2H3. The molecule has 34 heavy (non-hydrogen) atoms. The predicted octanol–water partition coefficient (Wildman–Crippen LogP) is 1.38. The predicted molar refractivity (Wildman–Crippen MR) is 141 cm³/mol. The Hall–Kier alpha value is -2.43. The van der Waals surface area contributed by atoms with E-state index >= 15 is 0 Å². The molecule has 0 amide bonds. The second-order valence-electron chi connectivity index (χ2n) is 9.26. The highest BCUT2D eigenvalue weighted by molar-refractivity contribution is 6.96. The molecule has 0 fully saturated rings. The van der Waals surface area contributed by atoms with Crippen molar-refractivity contribution in [2.45, 2.75) is 101 Å². The van der Waals surface area contributed by atoms with Gasteiger partial charge in [-0.2, -0.15) is 15.3 Å². The second kappa shape index (κ2) is 14.8. The normalized spacial score (nSPS) is 10.4. The van der Waals surface area contributed by atoms with Gasteiger partial charge in [0.05, 0.1) is 17.1 Å². The van der Waals surface area contributed by atoms with Gasteiger partial charge in [-0.05, 0) is 99.5 Å². The number of hydrogen-bond acceptors (Lipinski definition) is 6. The van der Waals surface area contributed by atoms with Gasteiger partial charge in [-0.15, -0.1) is 0 Å². The number of aryl methyl sites for hydroxylation is 6. The van der Waals surface area contributed by atoms with E-state index in [1.807, 2.05) is 20.8 Å². The molecule has 0 saturated heterocycles. The minimum absolute atomic E-state index is 0.0799. The lowest BCUT2D eigenvalue weighted by atomic mass is 9.35. The first kappa shape index (κ1) is 31.6. The van der Waals surface area contributed by atoms with Crippen LogP contribution in [0.2, 0.25) is 0 Å². The molecule has 10 heteroatoms. The summed E-state index contributed by atoms with van der Waals surface area (Å²) < 4.78 is 0. The molecule has 192 valence electrons. The molecule has 0 unspecified atom stereocenters. The van der Waals surface area contributed by atoms with Crippen LogP contribution in [0.15, 0.2) is 0 Å². The summed E-state index contributed by atoms with van der Waals surface area (Å²) in [5, 5.41) is 46.7. The minimum Gasteiger partial charge on any atom is -0.394 e. The molecule has 3 heterocycles. The minimum atomic E-state index is -0.167. The molecule has 0 saturated carbocycles. The van der Waals surface area contributed by atoms with Crippen LogP contribution in [0, 0.1) is 41.5 Å². The van der Waals surface area contributed by atoms with Crippen molar-refractivity contribution in [2.75, 3.05) is 0 Å². The van der Waals surface area contributed by atoms with Gasteiger partial charge in [0.2, 0.25) is 0 Å². The van der Waals surface area contributed by atoms with E-state index in [0.717, 1.165) is 34.2 Å². The summed E-state index contributed by atoms with van der Waals surface area (Å²) in [5.74, 6) is 0.